The van der Waals surface area contributed by atoms with E-state index in [2.05, 4.69) is 6.07 Å². The van der Waals surface area contributed by atoms with Crippen LogP contribution in [-0.2, 0) is 16.1 Å². The summed E-state index contributed by atoms with van der Waals surface area (Å²) >= 11 is 1.26. The zero-order valence-corrected chi connectivity index (χ0v) is 26.3. The Balaban J connectivity index is 1.59. The third kappa shape index (κ3) is 6.54. The number of allylic oxidation sites excluding steroid dienone is 1. The molecule has 0 radical (unpaired) electrons. The van der Waals surface area contributed by atoms with Crippen LogP contribution in [0.4, 0.5) is 0 Å². The van der Waals surface area contributed by atoms with Crippen LogP contribution in [0, 0.1) is 11.3 Å². The Morgan fingerprint density at radius 3 is 2.60 bits per heavy atom. The molecule has 230 valence electrons. The Morgan fingerprint density at radius 1 is 1.04 bits per heavy atom. The maximum absolute atomic E-state index is 14.1. The molecule has 0 fully saturated rings. The van der Waals surface area contributed by atoms with Crippen molar-refractivity contribution >= 4 is 23.4 Å². The minimum absolute atomic E-state index is 0.198. The number of methoxy groups -OCH3 is 2. The number of fused-ring (bicyclic) bond motifs is 1. The highest BCUT2D eigenvalue weighted by Gasteiger charge is 2.34. The van der Waals surface area contributed by atoms with Gasteiger partial charge in [-0.05, 0) is 60.9 Å². The average Bonchev–Trinajstić information content (AvgIpc) is 3.37. The van der Waals surface area contributed by atoms with Crippen LogP contribution < -0.4 is 29.1 Å². The lowest BCUT2D eigenvalue weighted by atomic mass is 9.94. The van der Waals surface area contributed by atoms with Gasteiger partial charge in [0.05, 0.1) is 54.3 Å². The fourth-order valence-corrected chi connectivity index (χ4v) is 6.22. The monoisotopic (exact) mass is 623 g/mol. The topological polar surface area (TPSA) is 112 Å². The highest BCUT2D eigenvalue weighted by molar-refractivity contribution is 7.07. The molecule has 0 bridgehead atoms. The van der Waals surface area contributed by atoms with Crippen molar-refractivity contribution < 1.29 is 23.7 Å². The maximum Gasteiger partial charge on any atom is 0.338 e. The lowest BCUT2D eigenvalue weighted by Crippen LogP contribution is -2.40. The Morgan fingerprint density at radius 2 is 1.87 bits per heavy atom. The molecule has 1 aromatic heterocycles. The fraction of sp³-hybridized carbons (Fsp3) is 0.257. The van der Waals surface area contributed by atoms with Crippen LogP contribution in [-0.4, -0.2) is 31.4 Å². The molecule has 0 aliphatic carbocycles. The van der Waals surface area contributed by atoms with Gasteiger partial charge in [0.2, 0.25) is 0 Å². The van der Waals surface area contributed by atoms with E-state index in [0.29, 0.717) is 49.8 Å². The van der Waals surface area contributed by atoms with Gasteiger partial charge >= 0.3 is 5.97 Å². The van der Waals surface area contributed by atoms with Crippen molar-refractivity contribution in [2.75, 3.05) is 20.8 Å². The van der Waals surface area contributed by atoms with Gasteiger partial charge in [0.15, 0.2) is 16.3 Å². The number of nitrogens with zero attached hydrogens (tertiary/aromatic N) is 3. The van der Waals surface area contributed by atoms with E-state index in [1.54, 1.807) is 50.0 Å². The number of ether oxygens (including phenoxy) is 4. The summed E-state index contributed by atoms with van der Waals surface area (Å²) in [5, 5.41) is 9.39. The number of aromatic nitrogens is 1. The second kappa shape index (κ2) is 14.1. The van der Waals surface area contributed by atoms with E-state index in [0.717, 1.165) is 23.1 Å². The molecule has 0 unspecified atom stereocenters. The van der Waals surface area contributed by atoms with Crippen molar-refractivity contribution in [1.29, 1.82) is 5.26 Å². The average molecular weight is 624 g/mol. The molecule has 1 aliphatic rings. The third-order valence-corrected chi connectivity index (χ3v) is 8.29. The van der Waals surface area contributed by atoms with Gasteiger partial charge < -0.3 is 18.9 Å². The van der Waals surface area contributed by atoms with Gasteiger partial charge in [0, 0.05) is 5.56 Å². The van der Waals surface area contributed by atoms with Crippen LogP contribution in [0.5, 0.6) is 17.2 Å². The van der Waals surface area contributed by atoms with Crippen molar-refractivity contribution in [2.45, 2.75) is 39.3 Å². The zero-order chi connectivity index (χ0) is 31.9. The van der Waals surface area contributed by atoms with Gasteiger partial charge in [0.25, 0.3) is 5.56 Å². The molecule has 0 amide bonds. The predicted octanol–water partition coefficient (Wildman–Crippen LogP) is 5.05. The lowest BCUT2D eigenvalue weighted by molar-refractivity contribution is -0.139. The first-order valence-electron chi connectivity index (χ1n) is 14.6. The first kappa shape index (κ1) is 31.3. The van der Waals surface area contributed by atoms with E-state index in [1.165, 1.54) is 11.3 Å². The SMILES string of the molecule is CCCC1=C(C(=O)OCC)[C@@H](c2cccc(OC)c2)n2c(s/c(=C/c3ccc(OCc4ccccc4C#N)c(OC)c3)c2=O)=N1. The number of hydrogen-bond acceptors (Lipinski definition) is 9. The Labute approximate surface area is 264 Å². The molecule has 9 nitrogen and oxygen atoms in total. The van der Waals surface area contributed by atoms with Crippen molar-refractivity contribution in [2.24, 2.45) is 4.99 Å². The van der Waals surface area contributed by atoms with Crippen molar-refractivity contribution in [3.05, 3.63) is 120 Å². The predicted molar refractivity (Wildman–Crippen MR) is 171 cm³/mol. The van der Waals surface area contributed by atoms with E-state index in [1.807, 2.05) is 55.5 Å². The van der Waals surface area contributed by atoms with E-state index >= 15 is 0 Å². The quantitative estimate of drug-likeness (QED) is 0.215. The summed E-state index contributed by atoms with van der Waals surface area (Å²) in [5.74, 6) is 1.10. The lowest BCUT2D eigenvalue weighted by Gasteiger charge is -2.26. The molecule has 0 N–H and O–H groups in total. The molecule has 0 saturated carbocycles. The molecular formula is C35H33N3O6S. The summed E-state index contributed by atoms with van der Waals surface area (Å²) in [4.78, 5) is 32.8. The van der Waals surface area contributed by atoms with E-state index < -0.39 is 12.0 Å². The molecule has 0 spiro atoms. The second-order valence-corrected chi connectivity index (χ2v) is 11.2. The summed E-state index contributed by atoms with van der Waals surface area (Å²) in [6.07, 6.45) is 3.09. The normalized spacial score (nSPS) is 14.3. The number of rotatable bonds is 11. The van der Waals surface area contributed by atoms with Gasteiger partial charge in [-0.25, -0.2) is 9.79 Å². The highest BCUT2D eigenvalue weighted by Crippen LogP contribution is 2.34. The molecule has 45 heavy (non-hydrogen) atoms. The summed E-state index contributed by atoms with van der Waals surface area (Å²) in [6, 6.07) is 21.4. The summed E-state index contributed by atoms with van der Waals surface area (Å²) < 4.78 is 24.6. The van der Waals surface area contributed by atoms with Gasteiger partial charge in [0.1, 0.15) is 12.4 Å². The van der Waals surface area contributed by atoms with Crippen LogP contribution in [0.2, 0.25) is 0 Å². The zero-order valence-electron chi connectivity index (χ0n) is 25.5. The van der Waals surface area contributed by atoms with E-state index in [9.17, 15) is 14.9 Å². The number of esters is 1. The summed E-state index contributed by atoms with van der Waals surface area (Å²) in [6.45, 7) is 4.17. The van der Waals surface area contributed by atoms with Gasteiger partial charge in [-0.15, -0.1) is 0 Å². The molecule has 0 saturated heterocycles. The van der Waals surface area contributed by atoms with Crippen LogP contribution in [0.15, 0.2) is 87.8 Å². The van der Waals surface area contributed by atoms with E-state index in [-0.39, 0.29) is 18.8 Å². The Hall–Kier alpha value is -5.14. The van der Waals surface area contributed by atoms with Crippen molar-refractivity contribution in [1.82, 2.24) is 4.57 Å². The Kier molecular flexibility index (Phi) is 9.80. The number of thiazole rings is 1. The number of hydrogen-bond donors (Lipinski definition) is 0. The summed E-state index contributed by atoms with van der Waals surface area (Å²) in [7, 11) is 3.12. The first-order chi connectivity index (χ1) is 21.9. The first-order valence-corrected chi connectivity index (χ1v) is 15.4. The van der Waals surface area contributed by atoms with Crippen molar-refractivity contribution in [3.8, 4) is 23.3 Å². The molecule has 3 aromatic carbocycles. The Bertz CT molecular complexity index is 1990. The van der Waals surface area contributed by atoms with Gasteiger partial charge in [-0.3, -0.25) is 9.36 Å². The van der Waals surface area contributed by atoms with Crippen LogP contribution in [0.25, 0.3) is 6.08 Å². The fourth-order valence-electron chi connectivity index (χ4n) is 5.20. The molecular weight excluding hydrogens is 590 g/mol. The maximum atomic E-state index is 14.1. The minimum atomic E-state index is -0.735. The molecule has 2 heterocycles. The molecule has 1 atom stereocenters. The standard InChI is InChI=1S/C35H33N3O6S/c1-5-10-27-31(34(40)43-6-2)32(23-13-9-14-26(19-23)41-3)38-33(39)30(45-35(38)37-27)18-22-15-16-28(29(17-22)42-4)44-21-25-12-8-7-11-24(25)20-36/h7-9,11-19,32H,5-6,10,21H2,1-4H3/b30-18+/t32-/m1/s1. The number of benzene rings is 3. The van der Waals surface area contributed by atoms with Gasteiger partial charge in [-0.2, -0.15) is 5.26 Å². The number of carbonyl (C=O) groups is 1. The van der Waals surface area contributed by atoms with Crippen LogP contribution in [0.3, 0.4) is 0 Å². The summed E-state index contributed by atoms with van der Waals surface area (Å²) in [5.41, 5.74) is 3.43. The second-order valence-electron chi connectivity index (χ2n) is 10.2. The molecule has 5 rings (SSSR count). The number of nitriles is 1. The highest BCUT2D eigenvalue weighted by atomic mass is 32.1. The molecule has 1 aliphatic heterocycles. The number of carbonyl (C=O) groups excluding carboxylic acids is 1. The third-order valence-electron chi connectivity index (χ3n) is 7.31. The minimum Gasteiger partial charge on any atom is -0.497 e. The molecule has 4 aromatic rings. The smallest absolute Gasteiger partial charge is 0.338 e. The largest absolute Gasteiger partial charge is 0.497 e. The van der Waals surface area contributed by atoms with Gasteiger partial charge in [-0.1, -0.05) is 61.1 Å². The van der Waals surface area contributed by atoms with Crippen molar-refractivity contribution in [3.63, 3.8) is 0 Å². The van der Waals surface area contributed by atoms with Crippen LogP contribution >= 0.6 is 11.3 Å². The molecule has 10 heteroatoms. The van der Waals surface area contributed by atoms with E-state index in [4.69, 9.17) is 23.9 Å². The van der Waals surface area contributed by atoms with Crippen LogP contribution in [0.1, 0.15) is 55.0 Å².